The van der Waals surface area contributed by atoms with Crippen LogP contribution in [0.2, 0.25) is 0 Å². The van der Waals surface area contributed by atoms with Gasteiger partial charge in [0.2, 0.25) is 12.3 Å². The van der Waals surface area contributed by atoms with Gasteiger partial charge in [0.1, 0.15) is 0 Å². The van der Waals surface area contributed by atoms with Gasteiger partial charge >= 0.3 is 0 Å². The number of hydrogen-bond acceptors (Lipinski definition) is 5. The first-order valence-electron chi connectivity index (χ1n) is 7.98. The van der Waals surface area contributed by atoms with Crippen LogP contribution in [-0.2, 0) is 14.3 Å². The SMILES string of the molecule is CC(CCN(C)C)C(=O)NCCCCCOC1NCCO1. The van der Waals surface area contributed by atoms with Crippen molar-refractivity contribution < 1.29 is 14.3 Å². The highest BCUT2D eigenvalue weighted by Gasteiger charge is 2.14. The summed E-state index contributed by atoms with van der Waals surface area (Å²) < 4.78 is 10.8. The summed E-state index contributed by atoms with van der Waals surface area (Å²) in [5, 5.41) is 6.10. The average Bonchev–Trinajstić information content (AvgIpc) is 2.96. The second-order valence-corrected chi connectivity index (χ2v) is 5.87. The van der Waals surface area contributed by atoms with Crippen LogP contribution >= 0.6 is 0 Å². The standard InChI is InChI=1S/C15H31N3O3/c1-13(7-10-18(2)3)14(19)16-8-5-4-6-11-20-15-17-9-12-21-15/h13,15,17H,4-12H2,1-3H3,(H,16,19). The highest BCUT2D eigenvalue weighted by atomic mass is 16.7. The maximum absolute atomic E-state index is 11.8. The van der Waals surface area contributed by atoms with E-state index in [1.165, 1.54) is 0 Å². The van der Waals surface area contributed by atoms with Gasteiger partial charge in [-0.05, 0) is 46.3 Å². The molecule has 1 aliphatic rings. The Morgan fingerprint density at radius 3 is 2.90 bits per heavy atom. The van der Waals surface area contributed by atoms with E-state index in [2.05, 4.69) is 15.5 Å². The summed E-state index contributed by atoms with van der Waals surface area (Å²) >= 11 is 0. The van der Waals surface area contributed by atoms with E-state index in [4.69, 9.17) is 9.47 Å². The van der Waals surface area contributed by atoms with Crippen LogP contribution in [0.25, 0.3) is 0 Å². The van der Waals surface area contributed by atoms with Gasteiger partial charge in [-0.15, -0.1) is 0 Å². The molecule has 1 fully saturated rings. The minimum atomic E-state index is -0.220. The summed E-state index contributed by atoms with van der Waals surface area (Å²) in [6.07, 6.45) is 3.73. The van der Waals surface area contributed by atoms with Crippen LogP contribution < -0.4 is 10.6 Å². The first-order chi connectivity index (χ1) is 10.1. The Hall–Kier alpha value is -0.690. The molecular weight excluding hydrogens is 270 g/mol. The fourth-order valence-electron chi connectivity index (χ4n) is 2.07. The Labute approximate surface area is 128 Å². The molecule has 21 heavy (non-hydrogen) atoms. The molecule has 0 saturated carbocycles. The van der Waals surface area contributed by atoms with Gasteiger partial charge in [0, 0.05) is 19.0 Å². The van der Waals surface area contributed by atoms with Gasteiger partial charge in [-0.1, -0.05) is 6.92 Å². The summed E-state index contributed by atoms with van der Waals surface area (Å²) in [5.41, 5.74) is 0. The van der Waals surface area contributed by atoms with Gasteiger partial charge in [-0.3, -0.25) is 10.1 Å². The second-order valence-electron chi connectivity index (χ2n) is 5.87. The van der Waals surface area contributed by atoms with Gasteiger partial charge in [0.05, 0.1) is 13.2 Å². The van der Waals surface area contributed by atoms with Crippen LogP contribution in [0.5, 0.6) is 0 Å². The van der Waals surface area contributed by atoms with Crippen LogP contribution in [0.1, 0.15) is 32.6 Å². The maximum Gasteiger partial charge on any atom is 0.222 e. The summed E-state index contributed by atoms with van der Waals surface area (Å²) in [4.78, 5) is 13.9. The molecular formula is C15H31N3O3. The van der Waals surface area contributed by atoms with Crippen LogP contribution in [0, 0.1) is 5.92 Å². The molecule has 1 heterocycles. The molecule has 6 heteroatoms. The van der Waals surface area contributed by atoms with Crippen LogP contribution in [-0.4, -0.2) is 64.2 Å². The predicted molar refractivity (Wildman–Crippen MR) is 82.9 cm³/mol. The van der Waals surface area contributed by atoms with Gasteiger partial charge < -0.3 is 19.7 Å². The number of amides is 1. The van der Waals surface area contributed by atoms with E-state index in [-0.39, 0.29) is 18.2 Å². The molecule has 2 N–H and O–H groups in total. The van der Waals surface area contributed by atoms with Crippen molar-refractivity contribution in [2.45, 2.75) is 39.0 Å². The molecule has 124 valence electrons. The van der Waals surface area contributed by atoms with E-state index in [0.717, 1.165) is 51.9 Å². The number of nitrogens with one attached hydrogen (secondary N) is 2. The lowest BCUT2D eigenvalue weighted by Gasteiger charge is -2.15. The van der Waals surface area contributed by atoms with E-state index >= 15 is 0 Å². The van der Waals surface area contributed by atoms with Crippen molar-refractivity contribution in [1.82, 2.24) is 15.5 Å². The molecule has 0 aliphatic carbocycles. The molecule has 1 aliphatic heterocycles. The van der Waals surface area contributed by atoms with Crippen molar-refractivity contribution in [1.29, 1.82) is 0 Å². The van der Waals surface area contributed by atoms with Crippen molar-refractivity contribution in [3.05, 3.63) is 0 Å². The molecule has 0 bridgehead atoms. The Morgan fingerprint density at radius 1 is 1.43 bits per heavy atom. The van der Waals surface area contributed by atoms with E-state index in [0.29, 0.717) is 6.61 Å². The third kappa shape index (κ3) is 9.03. The van der Waals surface area contributed by atoms with Crippen LogP contribution in [0.15, 0.2) is 0 Å². The molecule has 0 radical (unpaired) electrons. The average molecular weight is 301 g/mol. The van der Waals surface area contributed by atoms with E-state index < -0.39 is 0 Å². The predicted octanol–water partition coefficient (Wildman–Crippen LogP) is 0.781. The highest BCUT2D eigenvalue weighted by Crippen LogP contribution is 2.04. The molecule has 2 atom stereocenters. The van der Waals surface area contributed by atoms with E-state index in [1.807, 2.05) is 21.0 Å². The second kappa shape index (κ2) is 11.0. The zero-order chi connectivity index (χ0) is 15.5. The Morgan fingerprint density at radius 2 is 2.24 bits per heavy atom. The normalized spacial score (nSPS) is 19.9. The topological polar surface area (TPSA) is 62.8 Å². The smallest absolute Gasteiger partial charge is 0.222 e. The quantitative estimate of drug-likeness (QED) is 0.552. The third-order valence-corrected chi connectivity index (χ3v) is 3.53. The fourth-order valence-corrected chi connectivity index (χ4v) is 2.07. The molecule has 0 aromatic rings. The monoisotopic (exact) mass is 301 g/mol. The molecule has 0 aromatic carbocycles. The lowest BCUT2D eigenvalue weighted by molar-refractivity contribution is -0.124. The summed E-state index contributed by atoms with van der Waals surface area (Å²) in [7, 11) is 4.05. The summed E-state index contributed by atoms with van der Waals surface area (Å²) in [6.45, 7) is 5.98. The molecule has 6 nitrogen and oxygen atoms in total. The van der Waals surface area contributed by atoms with E-state index in [1.54, 1.807) is 0 Å². The largest absolute Gasteiger partial charge is 0.356 e. The fraction of sp³-hybridized carbons (Fsp3) is 0.933. The Kier molecular flexibility index (Phi) is 9.58. The van der Waals surface area contributed by atoms with Gasteiger partial charge in [-0.25, -0.2) is 0 Å². The summed E-state index contributed by atoms with van der Waals surface area (Å²) in [6, 6.07) is 0. The first kappa shape index (κ1) is 18.4. The zero-order valence-corrected chi connectivity index (χ0v) is 13.7. The maximum atomic E-state index is 11.8. The van der Waals surface area contributed by atoms with Crippen molar-refractivity contribution in [3.63, 3.8) is 0 Å². The molecule has 1 amide bonds. The molecule has 2 unspecified atom stereocenters. The molecule has 0 spiro atoms. The number of ether oxygens (including phenoxy) is 2. The number of carbonyl (C=O) groups is 1. The van der Waals surface area contributed by atoms with E-state index in [9.17, 15) is 4.79 Å². The lowest BCUT2D eigenvalue weighted by atomic mass is 10.1. The molecule has 0 aromatic heterocycles. The van der Waals surface area contributed by atoms with Gasteiger partial charge in [0.25, 0.3) is 0 Å². The number of rotatable bonds is 11. The van der Waals surface area contributed by atoms with Crippen molar-refractivity contribution in [2.24, 2.45) is 5.92 Å². The number of carbonyl (C=O) groups excluding carboxylic acids is 1. The summed E-state index contributed by atoms with van der Waals surface area (Å²) in [5.74, 6) is 0.248. The van der Waals surface area contributed by atoms with Crippen molar-refractivity contribution >= 4 is 5.91 Å². The third-order valence-electron chi connectivity index (χ3n) is 3.53. The van der Waals surface area contributed by atoms with Crippen molar-refractivity contribution in [3.8, 4) is 0 Å². The van der Waals surface area contributed by atoms with Gasteiger partial charge in [-0.2, -0.15) is 0 Å². The zero-order valence-electron chi connectivity index (χ0n) is 13.7. The Balaban J connectivity index is 1.89. The number of unbranched alkanes of at least 4 members (excludes halogenated alkanes) is 2. The minimum absolute atomic E-state index is 0.0846. The Bertz CT molecular complexity index is 281. The minimum Gasteiger partial charge on any atom is -0.356 e. The lowest BCUT2D eigenvalue weighted by Crippen LogP contribution is -2.31. The molecule has 1 saturated heterocycles. The highest BCUT2D eigenvalue weighted by molar-refractivity contribution is 5.78. The van der Waals surface area contributed by atoms with Crippen LogP contribution in [0.4, 0.5) is 0 Å². The first-order valence-corrected chi connectivity index (χ1v) is 7.98. The van der Waals surface area contributed by atoms with Crippen molar-refractivity contribution in [2.75, 3.05) is 46.9 Å². The van der Waals surface area contributed by atoms with Crippen LogP contribution in [0.3, 0.4) is 0 Å². The number of hydrogen-bond donors (Lipinski definition) is 2. The molecule has 1 rings (SSSR count). The van der Waals surface area contributed by atoms with Gasteiger partial charge in [0.15, 0.2) is 0 Å². The number of nitrogens with zero attached hydrogens (tertiary/aromatic N) is 1.